The summed E-state index contributed by atoms with van der Waals surface area (Å²) in [4.78, 5) is 2.68. The third kappa shape index (κ3) is 3.97. The molecule has 1 heterocycles. The van der Waals surface area contributed by atoms with E-state index in [-0.39, 0.29) is 0 Å². The summed E-state index contributed by atoms with van der Waals surface area (Å²) in [6, 6.07) is 0.859. The van der Waals surface area contributed by atoms with Crippen molar-refractivity contribution in [3.63, 3.8) is 0 Å². The Kier molecular flexibility index (Phi) is 6.20. The molecule has 0 atom stereocenters. The van der Waals surface area contributed by atoms with Gasteiger partial charge in [0.1, 0.15) is 0 Å². The topological polar surface area (TPSA) is 15.3 Å². The van der Waals surface area contributed by atoms with E-state index < -0.39 is 0 Å². The van der Waals surface area contributed by atoms with Crippen LogP contribution in [0, 0.1) is 0 Å². The third-order valence-corrected chi connectivity index (χ3v) is 3.28. The molecule has 1 fully saturated rings. The van der Waals surface area contributed by atoms with Crippen molar-refractivity contribution in [3.05, 3.63) is 0 Å². The van der Waals surface area contributed by atoms with Gasteiger partial charge in [-0.3, -0.25) is 0 Å². The van der Waals surface area contributed by atoms with Crippen LogP contribution in [0.2, 0.25) is 0 Å². The minimum atomic E-state index is 0.859. The Hall–Kier alpha value is -0.0800. The summed E-state index contributed by atoms with van der Waals surface area (Å²) < 4.78 is 0. The molecule has 1 aliphatic rings. The Labute approximate surface area is 89.1 Å². The molecular weight excluding hydrogens is 172 g/mol. The summed E-state index contributed by atoms with van der Waals surface area (Å²) in [5.74, 6) is 0. The van der Waals surface area contributed by atoms with Crippen LogP contribution >= 0.6 is 0 Å². The lowest BCUT2D eigenvalue weighted by Crippen LogP contribution is -2.43. The molecule has 1 N–H and O–H groups in total. The quantitative estimate of drug-likeness (QED) is 0.659. The van der Waals surface area contributed by atoms with Gasteiger partial charge in [-0.1, -0.05) is 26.7 Å². The first-order valence-electron chi connectivity index (χ1n) is 6.33. The molecule has 0 aromatic heterocycles. The summed E-state index contributed by atoms with van der Waals surface area (Å²) in [7, 11) is 0. The van der Waals surface area contributed by atoms with Gasteiger partial charge in [0.25, 0.3) is 0 Å². The normalized spacial score (nSPS) is 19.1. The fourth-order valence-electron chi connectivity index (χ4n) is 2.34. The average molecular weight is 198 g/mol. The van der Waals surface area contributed by atoms with Crippen LogP contribution in [0.1, 0.15) is 46.0 Å². The third-order valence-electron chi connectivity index (χ3n) is 3.28. The number of hydrogen-bond donors (Lipinski definition) is 1. The van der Waals surface area contributed by atoms with Gasteiger partial charge in [0.15, 0.2) is 0 Å². The van der Waals surface area contributed by atoms with E-state index in [0.717, 1.165) is 6.04 Å². The van der Waals surface area contributed by atoms with Crippen molar-refractivity contribution in [2.75, 3.05) is 26.2 Å². The summed E-state index contributed by atoms with van der Waals surface area (Å²) in [6.07, 6.45) is 6.81. The van der Waals surface area contributed by atoms with Crippen molar-refractivity contribution in [2.45, 2.75) is 52.0 Å². The molecule has 0 amide bonds. The number of nitrogens with one attached hydrogen (secondary N) is 1. The molecule has 0 aliphatic carbocycles. The maximum Gasteiger partial charge on any atom is 0.0119 e. The van der Waals surface area contributed by atoms with Crippen LogP contribution in [-0.4, -0.2) is 37.1 Å². The molecule has 1 aliphatic heterocycles. The molecule has 0 bridgehead atoms. The van der Waals surface area contributed by atoms with E-state index in [9.17, 15) is 0 Å². The van der Waals surface area contributed by atoms with Gasteiger partial charge in [0, 0.05) is 6.04 Å². The minimum Gasteiger partial charge on any atom is -0.317 e. The summed E-state index contributed by atoms with van der Waals surface area (Å²) >= 11 is 0. The van der Waals surface area contributed by atoms with Crippen molar-refractivity contribution < 1.29 is 0 Å². The predicted octanol–water partition coefficient (Wildman–Crippen LogP) is 2.25. The molecule has 0 aromatic rings. The number of rotatable bonds is 6. The van der Waals surface area contributed by atoms with Gasteiger partial charge >= 0.3 is 0 Å². The highest BCUT2D eigenvalue weighted by atomic mass is 15.2. The fraction of sp³-hybridized carbons (Fsp3) is 1.00. The zero-order valence-electron chi connectivity index (χ0n) is 9.89. The van der Waals surface area contributed by atoms with Crippen LogP contribution in [0.25, 0.3) is 0 Å². The summed E-state index contributed by atoms with van der Waals surface area (Å²) in [5, 5.41) is 3.43. The lowest BCUT2D eigenvalue weighted by atomic mass is 10.0. The molecule has 0 radical (unpaired) electrons. The van der Waals surface area contributed by atoms with Crippen LogP contribution in [-0.2, 0) is 0 Å². The van der Waals surface area contributed by atoms with Gasteiger partial charge < -0.3 is 10.2 Å². The van der Waals surface area contributed by atoms with Gasteiger partial charge in [0.2, 0.25) is 0 Å². The van der Waals surface area contributed by atoms with E-state index in [1.54, 1.807) is 0 Å². The van der Waals surface area contributed by atoms with Crippen LogP contribution in [0.3, 0.4) is 0 Å². The highest BCUT2D eigenvalue weighted by molar-refractivity contribution is 4.76. The smallest absolute Gasteiger partial charge is 0.0119 e. The molecule has 2 nitrogen and oxygen atoms in total. The number of piperidine rings is 1. The fourth-order valence-corrected chi connectivity index (χ4v) is 2.34. The number of hydrogen-bond acceptors (Lipinski definition) is 2. The Morgan fingerprint density at radius 2 is 1.86 bits per heavy atom. The second-order valence-corrected chi connectivity index (χ2v) is 4.32. The highest BCUT2D eigenvalue weighted by Crippen LogP contribution is 2.12. The molecule has 84 valence electrons. The molecule has 0 spiro atoms. The molecule has 14 heavy (non-hydrogen) atoms. The monoisotopic (exact) mass is 198 g/mol. The minimum absolute atomic E-state index is 0.859. The zero-order valence-corrected chi connectivity index (χ0v) is 9.89. The number of nitrogens with zero attached hydrogens (tertiary/aromatic N) is 1. The molecule has 1 rings (SSSR count). The second-order valence-electron chi connectivity index (χ2n) is 4.32. The molecular formula is C12H26N2. The van der Waals surface area contributed by atoms with Gasteiger partial charge in [0.05, 0.1) is 0 Å². The molecule has 0 saturated carbocycles. The Bertz CT molecular complexity index is 130. The summed E-state index contributed by atoms with van der Waals surface area (Å²) in [6.45, 7) is 9.56. The van der Waals surface area contributed by atoms with Crippen LogP contribution in [0.15, 0.2) is 0 Å². The lowest BCUT2D eigenvalue weighted by molar-refractivity contribution is 0.167. The SMILES string of the molecule is CCCCCN(CC)C1CCNCC1. The van der Waals surface area contributed by atoms with Crippen LogP contribution < -0.4 is 5.32 Å². The van der Waals surface area contributed by atoms with Crippen LogP contribution in [0.4, 0.5) is 0 Å². The van der Waals surface area contributed by atoms with Crippen molar-refractivity contribution >= 4 is 0 Å². The molecule has 0 aromatic carbocycles. The van der Waals surface area contributed by atoms with Gasteiger partial charge in [-0.15, -0.1) is 0 Å². The molecule has 0 unspecified atom stereocenters. The first kappa shape index (κ1) is 12.0. The number of unbranched alkanes of at least 4 members (excludes halogenated alkanes) is 2. The average Bonchev–Trinajstić information content (AvgIpc) is 2.26. The Balaban J connectivity index is 2.21. The van der Waals surface area contributed by atoms with Gasteiger partial charge in [-0.05, 0) is 45.4 Å². The first-order valence-corrected chi connectivity index (χ1v) is 6.33. The largest absolute Gasteiger partial charge is 0.317 e. The Morgan fingerprint density at radius 3 is 2.43 bits per heavy atom. The van der Waals surface area contributed by atoms with Gasteiger partial charge in [-0.2, -0.15) is 0 Å². The maximum atomic E-state index is 3.43. The summed E-state index contributed by atoms with van der Waals surface area (Å²) in [5.41, 5.74) is 0. The first-order chi connectivity index (χ1) is 6.88. The standard InChI is InChI=1S/C12H26N2/c1-3-5-6-11-14(4-2)12-7-9-13-10-8-12/h12-13H,3-11H2,1-2H3. The van der Waals surface area contributed by atoms with Crippen molar-refractivity contribution in [3.8, 4) is 0 Å². The van der Waals surface area contributed by atoms with E-state index >= 15 is 0 Å². The Morgan fingerprint density at radius 1 is 1.14 bits per heavy atom. The highest BCUT2D eigenvalue weighted by Gasteiger charge is 2.18. The molecule has 2 heteroatoms. The lowest BCUT2D eigenvalue weighted by Gasteiger charge is -2.33. The molecule has 1 saturated heterocycles. The van der Waals surface area contributed by atoms with E-state index in [0.29, 0.717) is 0 Å². The van der Waals surface area contributed by atoms with Crippen LogP contribution in [0.5, 0.6) is 0 Å². The van der Waals surface area contributed by atoms with E-state index in [1.807, 2.05) is 0 Å². The second kappa shape index (κ2) is 7.24. The maximum absolute atomic E-state index is 3.43. The van der Waals surface area contributed by atoms with Gasteiger partial charge in [-0.25, -0.2) is 0 Å². The van der Waals surface area contributed by atoms with Crippen molar-refractivity contribution in [1.29, 1.82) is 0 Å². The van der Waals surface area contributed by atoms with Crippen molar-refractivity contribution in [1.82, 2.24) is 10.2 Å². The van der Waals surface area contributed by atoms with Crippen molar-refractivity contribution in [2.24, 2.45) is 0 Å². The van der Waals surface area contributed by atoms with E-state index in [4.69, 9.17) is 0 Å². The van der Waals surface area contributed by atoms with E-state index in [1.165, 1.54) is 58.3 Å². The predicted molar refractivity (Wildman–Crippen MR) is 62.7 cm³/mol. The zero-order chi connectivity index (χ0) is 10.2. The van der Waals surface area contributed by atoms with E-state index in [2.05, 4.69) is 24.1 Å².